The summed E-state index contributed by atoms with van der Waals surface area (Å²) in [6.07, 6.45) is 1.33. The van der Waals surface area contributed by atoms with E-state index >= 15 is 0 Å². The molecule has 0 aromatic heterocycles. The largest absolute Gasteiger partial charge is 0.504 e. The number of aromatic hydroxyl groups is 1. The number of ether oxygens (including phenoxy) is 5. The van der Waals surface area contributed by atoms with E-state index in [-0.39, 0.29) is 33.6 Å². The van der Waals surface area contributed by atoms with Gasteiger partial charge in [-0.1, -0.05) is 0 Å². The van der Waals surface area contributed by atoms with Crippen LogP contribution in [0.2, 0.25) is 0 Å². The molecule has 0 spiro atoms. The minimum absolute atomic E-state index is 0.0358. The molecule has 0 fully saturated rings. The minimum atomic E-state index is -4.35. The quantitative estimate of drug-likeness (QED) is 0.233. The number of nitrogens with one attached hydrogen (secondary N) is 1. The predicted molar refractivity (Wildman–Crippen MR) is 149 cm³/mol. The Morgan fingerprint density at radius 1 is 0.900 bits per heavy atom. The molecule has 0 aliphatic carbocycles. The van der Waals surface area contributed by atoms with Crippen LogP contribution in [-0.2, 0) is 14.8 Å². The number of carbonyl (C=O) groups is 1. The molecule has 0 heterocycles. The fraction of sp³-hybridized carbons (Fsp3) is 0.259. The van der Waals surface area contributed by atoms with E-state index in [4.69, 9.17) is 23.7 Å². The third kappa shape index (κ3) is 6.86. The minimum Gasteiger partial charge on any atom is -0.504 e. The smallest absolute Gasteiger partial charge is 0.265 e. The second kappa shape index (κ2) is 13.4. The number of hydrogen-bond donors (Lipinski definition) is 2. The van der Waals surface area contributed by atoms with E-state index in [1.54, 1.807) is 25.1 Å². The first-order valence-electron chi connectivity index (χ1n) is 11.9. The first kappa shape index (κ1) is 29.9. The Morgan fingerprint density at radius 3 is 2.25 bits per heavy atom. The van der Waals surface area contributed by atoms with Crippen molar-refractivity contribution in [1.82, 2.24) is 5.43 Å². The summed E-state index contributed by atoms with van der Waals surface area (Å²) < 4.78 is 55.2. The lowest BCUT2D eigenvalue weighted by atomic mass is 10.2. The van der Waals surface area contributed by atoms with Crippen molar-refractivity contribution in [2.75, 3.05) is 45.9 Å². The Labute approximate surface area is 232 Å². The number of nitrogens with zero attached hydrogens (tertiary/aromatic N) is 2. The molecule has 0 bridgehead atoms. The zero-order valence-electron chi connectivity index (χ0n) is 22.7. The maximum absolute atomic E-state index is 13.9. The highest BCUT2D eigenvalue weighted by atomic mass is 32.2. The summed E-state index contributed by atoms with van der Waals surface area (Å²) in [5.41, 5.74) is 2.93. The van der Waals surface area contributed by atoms with Crippen molar-refractivity contribution in [3.05, 3.63) is 60.2 Å². The molecule has 1 amide bonds. The summed E-state index contributed by atoms with van der Waals surface area (Å²) in [6.45, 7) is 1.47. The second-order valence-electron chi connectivity index (χ2n) is 8.02. The lowest BCUT2D eigenvalue weighted by Gasteiger charge is -2.26. The van der Waals surface area contributed by atoms with Crippen molar-refractivity contribution in [3.63, 3.8) is 0 Å². The van der Waals surface area contributed by atoms with Crippen LogP contribution in [0.4, 0.5) is 5.69 Å². The van der Waals surface area contributed by atoms with Gasteiger partial charge in [0, 0.05) is 12.1 Å². The number of hydrazone groups is 1. The Morgan fingerprint density at radius 2 is 1.60 bits per heavy atom. The molecule has 0 aliphatic heterocycles. The topological polar surface area (TPSA) is 145 Å². The summed E-state index contributed by atoms with van der Waals surface area (Å²) in [4.78, 5) is 12.8. The van der Waals surface area contributed by atoms with Crippen molar-refractivity contribution < 1.29 is 42.0 Å². The molecule has 40 heavy (non-hydrogen) atoms. The Hall–Kier alpha value is -4.65. The molecule has 0 radical (unpaired) electrons. The van der Waals surface area contributed by atoms with E-state index in [9.17, 15) is 18.3 Å². The molecule has 0 aliphatic rings. The van der Waals surface area contributed by atoms with Crippen LogP contribution in [-0.4, -0.2) is 67.2 Å². The van der Waals surface area contributed by atoms with E-state index in [2.05, 4.69) is 10.5 Å². The van der Waals surface area contributed by atoms with Gasteiger partial charge >= 0.3 is 0 Å². The summed E-state index contributed by atoms with van der Waals surface area (Å²) in [7, 11) is 1.27. The molecule has 12 nitrogen and oxygen atoms in total. The van der Waals surface area contributed by atoms with Gasteiger partial charge in [-0.05, 0) is 55.0 Å². The van der Waals surface area contributed by atoms with E-state index in [0.717, 1.165) is 4.31 Å². The van der Waals surface area contributed by atoms with Crippen molar-refractivity contribution in [1.29, 1.82) is 0 Å². The van der Waals surface area contributed by atoms with Crippen molar-refractivity contribution in [2.24, 2.45) is 5.10 Å². The molecule has 0 unspecified atom stereocenters. The molecule has 13 heteroatoms. The number of hydrogen-bond acceptors (Lipinski definition) is 10. The molecule has 2 N–H and O–H groups in total. The van der Waals surface area contributed by atoms with E-state index in [1.165, 1.54) is 71.1 Å². The SMILES string of the molecule is CCOc1cc(/C=N\NC(=O)CN(c2cc(OC)ccc2OC)S(=O)(=O)c2ccc(OC)c(OC)c2)ccc1O. The van der Waals surface area contributed by atoms with E-state index in [0.29, 0.717) is 23.7 Å². The van der Waals surface area contributed by atoms with Crippen LogP contribution in [0.3, 0.4) is 0 Å². The molecule has 0 atom stereocenters. The van der Waals surface area contributed by atoms with Gasteiger partial charge < -0.3 is 28.8 Å². The fourth-order valence-corrected chi connectivity index (χ4v) is 5.06. The van der Waals surface area contributed by atoms with Crippen LogP contribution < -0.4 is 33.4 Å². The summed E-state index contributed by atoms with van der Waals surface area (Å²) in [5, 5.41) is 13.8. The predicted octanol–water partition coefficient (Wildman–Crippen LogP) is 3.17. The molecule has 214 valence electrons. The highest BCUT2D eigenvalue weighted by Crippen LogP contribution is 2.37. The average Bonchev–Trinajstić information content (AvgIpc) is 2.96. The third-order valence-corrected chi connectivity index (χ3v) is 7.33. The van der Waals surface area contributed by atoms with Gasteiger partial charge in [-0.3, -0.25) is 9.10 Å². The number of phenolic OH excluding ortho intramolecular Hbond substituents is 1. The monoisotopic (exact) mass is 573 g/mol. The van der Waals surface area contributed by atoms with Gasteiger partial charge in [0.05, 0.1) is 51.8 Å². The average molecular weight is 574 g/mol. The summed E-state index contributed by atoms with van der Waals surface area (Å²) >= 11 is 0. The van der Waals surface area contributed by atoms with Gasteiger partial charge in [0.1, 0.15) is 18.0 Å². The van der Waals surface area contributed by atoms with Gasteiger partial charge in [0.15, 0.2) is 23.0 Å². The first-order valence-corrected chi connectivity index (χ1v) is 13.4. The van der Waals surface area contributed by atoms with Crippen LogP contribution in [0.1, 0.15) is 12.5 Å². The highest BCUT2D eigenvalue weighted by Gasteiger charge is 2.31. The standard InChI is InChI=1S/C27H31N3O9S/c1-6-39-25-13-18(7-10-22(25)31)16-28-29-27(32)17-30(21-14-19(35-2)8-11-23(21)36-3)40(33,34)20-9-12-24(37-4)26(15-20)38-5/h7-16,31H,6,17H2,1-5H3,(H,29,32)/b28-16-. The lowest BCUT2D eigenvalue weighted by molar-refractivity contribution is -0.119. The number of rotatable bonds is 13. The first-order chi connectivity index (χ1) is 19.2. The zero-order valence-corrected chi connectivity index (χ0v) is 23.5. The highest BCUT2D eigenvalue weighted by molar-refractivity contribution is 7.92. The van der Waals surface area contributed by atoms with Crippen LogP contribution in [0, 0.1) is 0 Å². The fourth-order valence-electron chi connectivity index (χ4n) is 3.62. The maximum Gasteiger partial charge on any atom is 0.265 e. The number of methoxy groups -OCH3 is 4. The molecular weight excluding hydrogens is 542 g/mol. The summed E-state index contributed by atoms with van der Waals surface area (Å²) in [6, 6.07) is 13.2. The second-order valence-corrected chi connectivity index (χ2v) is 9.88. The zero-order chi connectivity index (χ0) is 29.3. The maximum atomic E-state index is 13.9. The third-order valence-electron chi connectivity index (χ3n) is 5.57. The number of anilines is 1. The number of carbonyl (C=O) groups excluding carboxylic acids is 1. The summed E-state index contributed by atoms with van der Waals surface area (Å²) in [5.74, 6) is 0.541. The van der Waals surface area contributed by atoms with Gasteiger partial charge in [-0.2, -0.15) is 5.10 Å². The van der Waals surface area contributed by atoms with Crippen molar-refractivity contribution >= 4 is 27.8 Å². The van der Waals surface area contributed by atoms with Crippen molar-refractivity contribution in [2.45, 2.75) is 11.8 Å². The Balaban J connectivity index is 1.97. The molecular formula is C27H31N3O9S. The molecule has 3 aromatic carbocycles. The number of benzene rings is 3. The number of phenols is 1. The molecule has 3 aromatic rings. The lowest BCUT2D eigenvalue weighted by Crippen LogP contribution is -2.39. The van der Waals surface area contributed by atoms with E-state index < -0.39 is 22.5 Å². The number of sulfonamides is 1. The molecule has 0 saturated heterocycles. The van der Waals surface area contributed by atoms with Gasteiger partial charge in [-0.25, -0.2) is 13.8 Å². The molecule has 0 saturated carbocycles. The van der Waals surface area contributed by atoms with Crippen LogP contribution in [0.15, 0.2) is 64.6 Å². The van der Waals surface area contributed by atoms with Crippen LogP contribution in [0.25, 0.3) is 0 Å². The van der Waals surface area contributed by atoms with Crippen LogP contribution >= 0.6 is 0 Å². The van der Waals surface area contributed by atoms with Gasteiger partial charge in [-0.15, -0.1) is 0 Å². The Kier molecular flexibility index (Phi) is 10.0. The molecule has 3 rings (SSSR count). The number of amides is 1. The van der Waals surface area contributed by atoms with Gasteiger partial charge in [0.2, 0.25) is 0 Å². The Bertz CT molecular complexity index is 1480. The van der Waals surface area contributed by atoms with E-state index in [1.807, 2.05) is 0 Å². The normalized spacial score (nSPS) is 11.1. The van der Waals surface area contributed by atoms with Crippen molar-refractivity contribution in [3.8, 4) is 34.5 Å². The van der Waals surface area contributed by atoms with Crippen LogP contribution in [0.5, 0.6) is 34.5 Å². The van der Waals surface area contributed by atoms with Gasteiger partial charge in [0.25, 0.3) is 15.9 Å².